The summed E-state index contributed by atoms with van der Waals surface area (Å²) < 4.78 is 0. The normalized spacial score (nSPS) is 17.8. The number of pyridine rings is 1. The van der Waals surface area contributed by atoms with Crippen molar-refractivity contribution in [3.63, 3.8) is 0 Å². The lowest BCUT2D eigenvalue weighted by atomic mass is 9.86. The minimum atomic E-state index is 0.534. The van der Waals surface area contributed by atoms with E-state index in [1.807, 2.05) is 0 Å². The van der Waals surface area contributed by atoms with E-state index in [1.54, 1.807) is 0 Å². The van der Waals surface area contributed by atoms with Gasteiger partial charge in [0.1, 0.15) is 5.82 Å². The van der Waals surface area contributed by atoms with Crippen molar-refractivity contribution in [2.24, 2.45) is 5.92 Å². The van der Waals surface area contributed by atoms with Crippen LogP contribution in [0.2, 0.25) is 0 Å². The molecule has 1 aromatic heterocycles. The number of rotatable bonds is 14. The van der Waals surface area contributed by atoms with Crippen LogP contribution in [0.4, 0.5) is 11.5 Å². The van der Waals surface area contributed by atoms with Crippen LogP contribution < -0.4 is 15.5 Å². The molecule has 2 N–H and O–H groups in total. The maximum Gasteiger partial charge on any atom is 0.128 e. The van der Waals surface area contributed by atoms with Gasteiger partial charge in [-0.3, -0.25) is 0 Å². The highest BCUT2D eigenvalue weighted by Gasteiger charge is 2.21. The molecule has 0 aliphatic heterocycles. The van der Waals surface area contributed by atoms with Gasteiger partial charge < -0.3 is 15.5 Å². The molecule has 0 saturated heterocycles. The first-order chi connectivity index (χ1) is 17.7. The van der Waals surface area contributed by atoms with Crippen molar-refractivity contribution >= 4 is 22.4 Å². The van der Waals surface area contributed by atoms with Gasteiger partial charge in [0, 0.05) is 37.3 Å². The topological polar surface area (TPSA) is 40.2 Å². The van der Waals surface area contributed by atoms with Gasteiger partial charge in [-0.15, -0.1) is 0 Å². The van der Waals surface area contributed by atoms with Gasteiger partial charge in [0.25, 0.3) is 0 Å². The number of hydrogen-bond acceptors (Lipinski definition) is 4. The van der Waals surface area contributed by atoms with E-state index in [0.717, 1.165) is 17.3 Å². The van der Waals surface area contributed by atoms with Crippen LogP contribution in [-0.2, 0) is 6.42 Å². The van der Waals surface area contributed by atoms with Crippen LogP contribution in [0.1, 0.15) is 69.8 Å². The Hall–Kier alpha value is -2.59. The molecule has 194 valence electrons. The van der Waals surface area contributed by atoms with Gasteiger partial charge >= 0.3 is 0 Å². The van der Waals surface area contributed by atoms with Crippen molar-refractivity contribution in [2.45, 2.75) is 76.7 Å². The fourth-order valence-electron chi connectivity index (χ4n) is 5.56. The minimum absolute atomic E-state index is 0.534. The molecule has 4 heteroatoms. The van der Waals surface area contributed by atoms with Crippen molar-refractivity contribution in [3.8, 4) is 0 Å². The van der Waals surface area contributed by atoms with Gasteiger partial charge in [0.15, 0.2) is 0 Å². The van der Waals surface area contributed by atoms with E-state index in [1.165, 1.54) is 100 Å². The number of hydrogen-bond donors (Lipinski definition) is 2. The molecule has 4 rings (SSSR count). The van der Waals surface area contributed by atoms with Crippen molar-refractivity contribution in [3.05, 3.63) is 66.2 Å². The van der Waals surface area contributed by atoms with Crippen molar-refractivity contribution in [2.75, 3.05) is 37.4 Å². The van der Waals surface area contributed by atoms with Gasteiger partial charge in [-0.2, -0.15) is 0 Å². The van der Waals surface area contributed by atoms with Crippen LogP contribution in [0.15, 0.2) is 60.7 Å². The van der Waals surface area contributed by atoms with Gasteiger partial charge in [0.2, 0.25) is 0 Å². The number of nitrogens with zero attached hydrogens (tertiary/aromatic N) is 2. The molecule has 1 saturated carbocycles. The lowest BCUT2D eigenvalue weighted by molar-refractivity contribution is 0.324. The summed E-state index contributed by atoms with van der Waals surface area (Å²) in [7, 11) is 4.22. The Labute approximate surface area is 218 Å². The van der Waals surface area contributed by atoms with E-state index in [9.17, 15) is 0 Å². The summed E-state index contributed by atoms with van der Waals surface area (Å²) in [6.45, 7) is 2.36. The van der Waals surface area contributed by atoms with E-state index < -0.39 is 0 Å². The van der Waals surface area contributed by atoms with Gasteiger partial charge in [0.05, 0.1) is 5.52 Å². The maximum atomic E-state index is 4.90. The Balaban J connectivity index is 1.05. The largest absolute Gasteiger partial charge is 0.377 e. The summed E-state index contributed by atoms with van der Waals surface area (Å²) in [5, 5.41) is 8.70. The van der Waals surface area contributed by atoms with Crippen molar-refractivity contribution in [1.82, 2.24) is 10.3 Å². The Morgan fingerprint density at radius 2 is 1.50 bits per heavy atom. The monoisotopic (exact) mass is 486 g/mol. The third-order valence-electron chi connectivity index (χ3n) is 7.72. The molecule has 0 radical (unpaired) electrons. The third-order valence-corrected chi connectivity index (χ3v) is 7.72. The molecular formula is C32H46N4. The molecule has 0 bridgehead atoms. The maximum absolute atomic E-state index is 4.90. The second kappa shape index (κ2) is 14.2. The lowest BCUT2D eigenvalue weighted by Gasteiger charge is -2.30. The molecule has 3 aromatic rings. The number of nitrogens with one attached hydrogen (secondary N) is 2. The molecule has 1 aliphatic rings. The summed E-state index contributed by atoms with van der Waals surface area (Å²) in [5.41, 5.74) is 3.78. The summed E-state index contributed by atoms with van der Waals surface area (Å²) in [6.07, 6.45) is 14.5. The minimum Gasteiger partial charge on any atom is -0.377 e. The average molecular weight is 487 g/mol. The Kier molecular flexibility index (Phi) is 10.5. The van der Waals surface area contributed by atoms with E-state index >= 15 is 0 Å². The van der Waals surface area contributed by atoms with Gasteiger partial charge in [-0.05, 0) is 75.6 Å². The predicted octanol–water partition coefficient (Wildman–Crippen LogP) is 7.44. The number of fused-ring (bicyclic) bond motifs is 1. The average Bonchev–Trinajstić information content (AvgIpc) is 2.90. The first-order valence-corrected chi connectivity index (χ1v) is 14.3. The molecule has 1 fully saturated rings. The standard InChI is InChI=1S/C32H46N4/c1-36(2)31-24-32(35-30-18-12-11-17-29(30)31)34-28-21-19-27(20-22-28)25-33-23-13-6-4-3-5-8-14-26-15-9-7-10-16-26/h7,9-12,15-18,24,27-28,33H,3-6,8,13-14,19-23,25H2,1-2H3,(H,34,35)/t27-,28+. The molecule has 2 aromatic carbocycles. The Bertz CT molecular complexity index is 1020. The molecule has 0 spiro atoms. The number of para-hydroxylation sites is 1. The predicted molar refractivity (Wildman–Crippen MR) is 156 cm³/mol. The van der Waals surface area contributed by atoms with Crippen molar-refractivity contribution < 1.29 is 0 Å². The van der Waals surface area contributed by atoms with Crippen molar-refractivity contribution in [1.29, 1.82) is 0 Å². The lowest BCUT2D eigenvalue weighted by Crippen LogP contribution is -2.31. The first-order valence-electron chi connectivity index (χ1n) is 14.3. The highest BCUT2D eigenvalue weighted by atomic mass is 15.1. The van der Waals surface area contributed by atoms with E-state index in [2.05, 4.69) is 90.3 Å². The Morgan fingerprint density at radius 3 is 2.28 bits per heavy atom. The van der Waals surface area contributed by atoms with Crippen LogP contribution >= 0.6 is 0 Å². The van der Waals surface area contributed by atoms with Crippen LogP contribution in [0.5, 0.6) is 0 Å². The number of aromatic nitrogens is 1. The van der Waals surface area contributed by atoms with Gasteiger partial charge in [-0.25, -0.2) is 4.98 Å². The zero-order valence-corrected chi connectivity index (χ0v) is 22.5. The van der Waals surface area contributed by atoms with E-state index in [-0.39, 0.29) is 0 Å². The fourth-order valence-corrected chi connectivity index (χ4v) is 5.56. The number of unbranched alkanes of at least 4 members (excludes halogenated alkanes) is 5. The second-order valence-electron chi connectivity index (χ2n) is 10.9. The number of benzene rings is 2. The molecule has 0 atom stereocenters. The summed E-state index contributed by atoms with van der Waals surface area (Å²) >= 11 is 0. The van der Waals surface area contributed by atoms with Crippen LogP contribution in [0, 0.1) is 5.92 Å². The van der Waals surface area contributed by atoms with Crippen LogP contribution in [-0.4, -0.2) is 38.2 Å². The molecule has 36 heavy (non-hydrogen) atoms. The fraction of sp³-hybridized carbons (Fsp3) is 0.531. The molecule has 0 unspecified atom stereocenters. The SMILES string of the molecule is CN(C)c1cc(N[C@H]2CC[C@@H](CNCCCCCCCCc3ccccc3)CC2)nc2ccccc12. The molecular weight excluding hydrogens is 440 g/mol. The highest BCUT2D eigenvalue weighted by Crippen LogP contribution is 2.30. The zero-order chi connectivity index (χ0) is 25.0. The molecule has 0 amide bonds. The van der Waals surface area contributed by atoms with Gasteiger partial charge in [-0.1, -0.05) is 74.2 Å². The third kappa shape index (κ3) is 8.23. The molecule has 4 nitrogen and oxygen atoms in total. The van der Waals surface area contributed by atoms with E-state index in [4.69, 9.17) is 4.98 Å². The van der Waals surface area contributed by atoms with Crippen LogP contribution in [0.25, 0.3) is 10.9 Å². The zero-order valence-electron chi connectivity index (χ0n) is 22.5. The quantitative estimate of drug-likeness (QED) is 0.232. The Morgan fingerprint density at radius 1 is 0.806 bits per heavy atom. The van der Waals surface area contributed by atoms with E-state index in [0.29, 0.717) is 6.04 Å². The summed E-state index contributed by atoms with van der Waals surface area (Å²) in [6, 6.07) is 22.1. The first kappa shape index (κ1) is 26.5. The smallest absolute Gasteiger partial charge is 0.128 e. The molecule has 1 aliphatic carbocycles. The van der Waals surface area contributed by atoms with Crippen LogP contribution in [0.3, 0.4) is 0 Å². The number of anilines is 2. The highest BCUT2D eigenvalue weighted by molar-refractivity contribution is 5.93. The summed E-state index contributed by atoms with van der Waals surface area (Å²) in [5.74, 6) is 1.84. The number of aryl methyl sites for hydroxylation is 1. The summed E-state index contributed by atoms with van der Waals surface area (Å²) in [4.78, 5) is 7.08. The molecule has 1 heterocycles. The second-order valence-corrected chi connectivity index (χ2v) is 10.9.